The van der Waals surface area contributed by atoms with E-state index in [1.54, 1.807) is 6.08 Å². The zero-order chi connectivity index (χ0) is 33.1. The van der Waals surface area contributed by atoms with Gasteiger partial charge in [0.25, 0.3) is 0 Å². The molecule has 0 saturated carbocycles. The van der Waals surface area contributed by atoms with Crippen LogP contribution in [0.2, 0.25) is 0 Å². The van der Waals surface area contributed by atoms with Gasteiger partial charge in [-0.05, 0) is 44.9 Å². The zero-order valence-electron chi connectivity index (χ0n) is 30.0. The monoisotopic (exact) mass is 636 g/mol. The van der Waals surface area contributed by atoms with Gasteiger partial charge in [-0.15, -0.1) is 0 Å². The zero-order valence-corrected chi connectivity index (χ0v) is 30.0. The molecule has 0 aromatic rings. The molecule has 5 nitrogen and oxygen atoms in total. The molecule has 0 radical (unpaired) electrons. The first-order valence-corrected chi connectivity index (χ1v) is 19.6. The third-order valence-electron chi connectivity index (χ3n) is 8.98. The quantitative estimate of drug-likeness (QED) is 0.0412. The first-order chi connectivity index (χ1) is 22.0. The van der Waals surface area contributed by atoms with Crippen molar-refractivity contribution in [3.63, 3.8) is 0 Å². The van der Waals surface area contributed by atoms with Gasteiger partial charge in [0.05, 0.1) is 31.3 Å². The summed E-state index contributed by atoms with van der Waals surface area (Å²) in [7, 11) is 0. The van der Waals surface area contributed by atoms with Gasteiger partial charge in [-0.1, -0.05) is 173 Å². The molecule has 0 heterocycles. The average molecular weight is 636 g/mol. The summed E-state index contributed by atoms with van der Waals surface area (Å²) in [4.78, 5) is 12.4. The third kappa shape index (κ3) is 32.6. The maximum Gasteiger partial charge on any atom is 0.222 e. The number of unbranched alkanes of at least 4 members (excludes halogenated alkanes) is 24. The lowest BCUT2D eigenvalue weighted by atomic mass is 10.0. The summed E-state index contributed by atoms with van der Waals surface area (Å²) in [5, 5.41) is 33.1. The molecule has 4 N–H and O–H groups in total. The van der Waals surface area contributed by atoms with Crippen LogP contribution in [0.25, 0.3) is 0 Å². The number of nitrogens with one attached hydrogen (secondary N) is 1. The number of aliphatic hydroxyl groups is 3. The van der Waals surface area contributed by atoms with Crippen molar-refractivity contribution in [1.82, 2.24) is 5.32 Å². The van der Waals surface area contributed by atoms with Gasteiger partial charge in [0.2, 0.25) is 5.91 Å². The first kappa shape index (κ1) is 43.8. The highest BCUT2D eigenvalue weighted by Crippen LogP contribution is 2.14. The molecule has 0 aliphatic rings. The van der Waals surface area contributed by atoms with Crippen molar-refractivity contribution in [2.75, 3.05) is 6.61 Å². The molecule has 45 heavy (non-hydrogen) atoms. The lowest BCUT2D eigenvalue weighted by Crippen LogP contribution is -2.45. The Morgan fingerprint density at radius 1 is 0.556 bits per heavy atom. The van der Waals surface area contributed by atoms with Crippen LogP contribution in [0.1, 0.15) is 200 Å². The Morgan fingerprint density at radius 3 is 1.36 bits per heavy atom. The van der Waals surface area contributed by atoms with Gasteiger partial charge in [0.1, 0.15) is 0 Å². The fraction of sp³-hybridized carbons (Fsp3) is 0.875. The lowest BCUT2D eigenvalue weighted by molar-refractivity contribution is -0.124. The summed E-state index contributed by atoms with van der Waals surface area (Å²) in [5.41, 5.74) is 0. The van der Waals surface area contributed by atoms with E-state index in [2.05, 4.69) is 31.3 Å². The summed E-state index contributed by atoms with van der Waals surface area (Å²) >= 11 is 0. The van der Waals surface area contributed by atoms with E-state index >= 15 is 0 Å². The van der Waals surface area contributed by atoms with Crippen molar-refractivity contribution in [3.05, 3.63) is 24.3 Å². The van der Waals surface area contributed by atoms with Crippen molar-refractivity contribution in [2.24, 2.45) is 0 Å². The molecule has 3 atom stereocenters. The maximum absolute atomic E-state index is 12.4. The summed E-state index contributed by atoms with van der Waals surface area (Å²) in [6.07, 6.45) is 41.6. The van der Waals surface area contributed by atoms with Crippen molar-refractivity contribution in [1.29, 1.82) is 0 Å². The van der Waals surface area contributed by atoms with E-state index in [1.807, 2.05) is 6.08 Å². The van der Waals surface area contributed by atoms with Crippen LogP contribution < -0.4 is 5.32 Å². The Morgan fingerprint density at radius 2 is 0.933 bits per heavy atom. The Bertz CT molecular complexity index is 665. The van der Waals surface area contributed by atoms with Gasteiger partial charge in [0.15, 0.2) is 0 Å². The molecular weight excluding hydrogens is 558 g/mol. The van der Waals surface area contributed by atoms with E-state index in [0.29, 0.717) is 6.42 Å². The molecule has 0 aliphatic heterocycles. The SMILES string of the molecule is CCCCCCCCCC/C=C\CCCCCCCC(O)CC(=O)NC(CO)C(O)/C=C/CCCCCCCCCCCCC. The van der Waals surface area contributed by atoms with Crippen molar-refractivity contribution >= 4 is 5.91 Å². The molecule has 1 amide bonds. The molecule has 0 aliphatic carbocycles. The van der Waals surface area contributed by atoms with E-state index < -0.39 is 18.2 Å². The van der Waals surface area contributed by atoms with E-state index in [0.717, 1.165) is 38.5 Å². The van der Waals surface area contributed by atoms with Crippen LogP contribution >= 0.6 is 0 Å². The normalized spacial score (nSPS) is 14.0. The predicted octanol–water partition coefficient (Wildman–Crippen LogP) is 10.7. The van der Waals surface area contributed by atoms with Crippen molar-refractivity contribution in [3.8, 4) is 0 Å². The highest BCUT2D eigenvalue weighted by atomic mass is 16.3. The van der Waals surface area contributed by atoms with Gasteiger partial charge in [-0.3, -0.25) is 4.79 Å². The van der Waals surface area contributed by atoms with Crippen LogP contribution in [0, 0.1) is 0 Å². The molecule has 0 fully saturated rings. The minimum absolute atomic E-state index is 0.00925. The van der Waals surface area contributed by atoms with Crippen molar-refractivity contribution < 1.29 is 20.1 Å². The number of allylic oxidation sites excluding steroid dienone is 3. The number of carbonyl (C=O) groups excluding carboxylic acids is 1. The molecule has 0 saturated heterocycles. The second-order valence-corrected chi connectivity index (χ2v) is 13.5. The Balaban J connectivity index is 3.72. The second kappa shape index (κ2) is 35.7. The Labute approximate surface area is 280 Å². The summed E-state index contributed by atoms with van der Waals surface area (Å²) in [6, 6.07) is -0.743. The van der Waals surface area contributed by atoms with Gasteiger partial charge in [0, 0.05) is 0 Å². The minimum Gasteiger partial charge on any atom is -0.394 e. The Kier molecular flexibility index (Phi) is 34.8. The van der Waals surface area contributed by atoms with Crippen LogP contribution in [-0.2, 0) is 4.79 Å². The number of aliphatic hydroxyl groups excluding tert-OH is 3. The molecule has 0 rings (SSSR count). The van der Waals surface area contributed by atoms with E-state index in [4.69, 9.17) is 0 Å². The number of amides is 1. The van der Waals surface area contributed by atoms with E-state index in [9.17, 15) is 20.1 Å². The molecule has 0 spiro atoms. The summed E-state index contributed by atoms with van der Waals surface area (Å²) in [5.74, 6) is -0.321. The predicted molar refractivity (Wildman–Crippen MR) is 195 cm³/mol. The third-order valence-corrected chi connectivity index (χ3v) is 8.98. The highest BCUT2D eigenvalue weighted by Gasteiger charge is 2.20. The maximum atomic E-state index is 12.4. The fourth-order valence-corrected chi connectivity index (χ4v) is 5.92. The van der Waals surface area contributed by atoms with Crippen LogP contribution in [-0.4, -0.2) is 46.1 Å². The Hall–Kier alpha value is -1.17. The summed E-state index contributed by atoms with van der Waals surface area (Å²) in [6.45, 7) is 4.19. The standard InChI is InChI=1S/C40H77NO4/c1-3-5-7-9-11-13-15-17-18-19-20-22-23-25-27-29-31-33-37(43)35-40(45)41-38(36-42)39(44)34-32-30-28-26-24-21-16-14-12-10-8-6-4-2/h19-20,32,34,37-39,42-44H,3-18,21-31,33,35-36H2,1-2H3,(H,41,45)/b20-19-,34-32+. The molecule has 3 unspecified atom stereocenters. The van der Waals surface area contributed by atoms with Crippen LogP contribution in [0.3, 0.4) is 0 Å². The van der Waals surface area contributed by atoms with Crippen molar-refractivity contribution in [2.45, 2.75) is 218 Å². The number of rotatable bonds is 35. The second-order valence-electron chi connectivity index (χ2n) is 13.5. The number of hydrogen-bond donors (Lipinski definition) is 4. The minimum atomic E-state index is -0.927. The molecule has 266 valence electrons. The van der Waals surface area contributed by atoms with Gasteiger partial charge in [-0.25, -0.2) is 0 Å². The first-order valence-electron chi connectivity index (χ1n) is 19.6. The number of hydrogen-bond acceptors (Lipinski definition) is 4. The molecule has 0 aromatic heterocycles. The molecule has 0 bridgehead atoms. The fourth-order valence-electron chi connectivity index (χ4n) is 5.92. The van der Waals surface area contributed by atoms with Crippen LogP contribution in [0.15, 0.2) is 24.3 Å². The van der Waals surface area contributed by atoms with Gasteiger partial charge < -0.3 is 20.6 Å². The highest BCUT2D eigenvalue weighted by molar-refractivity contribution is 5.76. The molecule has 5 heteroatoms. The topological polar surface area (TPSA) is 89.8 Å². The van der Waals surface area contributed by atoms with Gasteiger partial charge in [-0.2, -0.15) is 0 Å². The van der Waals surface area contributed by atoms with E-state index in [1.165, 1.54) is 135 Å². The molecular formula is C40H77NO4. The summed E-state index contributed by atoms with van der Waals surface area (Å²) < 4.78 is 0. The smallest absolute Gasteiger partial charge is 0.222 e. The van der Waals surface area contributed by atoms with Crippen LogP contribution in [0.4, 0.5) is 0 Å². The van der Waals surface area contributed by atoms with Gasteiger partial charge >= 0.3 is 0 Å². The average Bonchev–Trinajstić information content (AvgIpc) is 3.03. The van der Waals surface area contributed by atoms with E-state index in [-0.39, 0.29) is 18.9 Å². The largest absolute Gasteiger partial charge is 0.394 e. The molecule has 0 aromatic carbocycles. The lowest BCUT2D eigenvalue weighted by Gasteiger charge is -2.21. The number of carbonyl (C=O) groups is 1. The van der Waals surface area contributed by atoms with Crippen LogP contribution in [0.5, 0.6) is 0 Å².